The molecule has 4 nitrogen and oxygen atoms in total. The molecule has 1 fully saturated rings. The average molecular weight is 248 g/mol. The first-order valence-corrected chi connectivity index (χ1v) is 7.08. The summed E-state index contributed by atoms with van der Waals surface area (Å²) < 4.78 is 2.04. The van der Waals surface area contributed by atoms with Crippen LogP contribution in [0.3, 0.4) is 0 Å². The van der Waals surface area contributed by atoms with Crippen LogP contribution in [0.1, 0.15) is 19.3 Å². The van der Waals surface area contributed by atoms with Crippen LogP contribution in [-0.2, 0) is 0 Å². The largest absolute Gasteiger partial charge is 0.314 e. The minimum Gasteiger partial charge on any atom is -0.314 e. The molecule has 0 aliphatic heterocycles. The molecule has 1 saturated carbocycles. The molecule has 2 aromatic rings. The zero-order chi connectivity index (χ0) is 11.5. The topological polar surface area (TPSA) is 42.2 Å². The Hall–Kier alpha value is -1.07. The van der Waals surface area contributed by atoms with E-state index in [1.165, 1.54) is 19.3 Å². The van der Waals surface area contributed by atoms with Crippen LogP contribution in [0, 0.1) is 0 Å². The molecule has 2 heterocycles. The van der Waals surface area contributed by atoms with E-state index in [1.807, 2.05) is 28.8 Å². The molecule has 0 radical (unpaired) electrons. The van der Waals surface area contributed by atoms with E-state index in [1.54, 1.807) is 11.8 Å². The monoisotopic (exact) mass is 248 g/mol. The normalized spacial score (nSPS) is 15.5. The summed E-state index contributed by atoms with van der Waals surface area (Å²) in [5.74, 6) is 1.09. The predicted molar refractivity (Wildman–Crippen MR) is 69.4 cm³/mol. The SMILES string of the molecule is c1ccn2c(SCCCNC3CC3)nnc2c1. The number of hydrogen-bond donors (Lipinski definition) is 1. The molecule has 3 rings (SSSR count). The van der Waals surface area contributed by atoms with E-state index in [9.17, 15) is 0 Å². The van der Waals surface area contributed by atoms with Crippen LogP contribution in [0.4, 0.5) is 0 Å². The van der Waals surface area contributed by atoms with Crippen LogP contribution in [-0.4, -0.2) is 32.9 Å². The molecule has 0 atom stereocenters. The van der Waals surface area contributed by atoms with Crippen molar-refractivity contribution >= 4 is 17.4 Å². The van der Waals surface area contributed by atoms with E-state index in [-0.39, 0.29) is 0 Å². The van der Waals surface area contributed by atoms with E-state index in [0.29, 0.717) is 0 Å². The third-order valence-electron chi connectivity index (χ3n) is 2.85. The fourth-order valence-electron chi connectivity index (χ4n) is 1.75. The third-order valence-corrected chi connectivity index (χ3v) is 3.87. The second-order valence-electron chi connectivity index (χ2n) is 4.34. The highest BCUT2D eigenvalue weighted by atomic mass is 32.2. The van der Waals surface area contributed by atoms with Gasteiger partial charge < -0.3 is 5.32 Å². The van der Waals surface area contributed by atoms with Gasteiger partial charge >= 0.3 is 0 Å². The van der Waals surface area contributed by atoms with Crippen molar-refractivity contribution in [1.82, 2.24) is 19.9 Å². The van der Waals surface area contributed by atoms with Gasteiger partial charge in [-0.25, -0.2) is 0 Å². The van der Waals surface area contributed by atoms with Gasteiger partial charge in [-0.2, -0.15) is 0 Å². The van der Waals surface area contributed by atoms with E-state index in [0.717, 1.165) is 29.1 Å². The molecule has 17 heavy (non-hydrogen) atoms. The Kier molecular flexibility index (Phi) is 3.29. The minimum absolute atomic E-state index is 0.814. The van der Waals surface area contributed by atoms with Gasteiger partial charge in [-0.05, 0) is 37.9 Å². The lowest BCUT2D eigenvalue weighted by atomic mass is 10.5. The molecule has 0 saturated heterocycles. The second kappa shape index (κ2) is 5.06. The molecule has 0 spiro atoms. The fraction of sp³-hybridized carbons (Fsp3) is 0.500. The molecule has 2 aromatic heterocycles. The quantitative estimate of drug-likeness (QED) is 0.627. The Morgan fingerprint density at radius 1 is 1.35 bits per heavy atom. The number of fused-ring (bicyclic) bond motifs is 1. The molecule has 1 N–H and O–H groups in total. The number of aromatic nitrogens is 3. The lowest BCUT2D eigenvalue weighted by Crippen LogP contribution is -2.17. The Morgan fingerprint density at radius 2 is 2.29 bits per heavy atom. The van der Waals surface area contributed by atoms with Gasteiger partial charge in [0.15, 0.2) is 10.8 Å². The highest BCUT2D eigenvalue weighted by molar-refractivity contribution is 7.99. The number of thioether (sulfide) groups is 1. The zero-order valence-corrected chi connectivity index (χ0v) is 10.5. The Bertz CT molecular complexity index is 492. The van der Waals surface area contributed by atoms with Gasteiger partial charge in [0.25, 0.3) is 0 Å². The molecule has 1 aliphatic rings. The average Bonchev–Trinajstić information content (AvgIpc) is 3.09. The molecule has 0 bridgehead atoms. The van der Waals surface area contributed by atoms with Crippen LogP contribution in [0.25, 0.3) is 5.65 Å². The zero-order valence-electron chi connectivity index (χ0n) is 9.67. The summed E-state index contributed by atoms with van der Waals surface area (Å²) >= 11 is 1.78. The van der Waals surface area contributed by atoms with Gasteiger partial charge in [-0.15, -0.1) is 10.2 Å². The molecule has 90 valence electrons. The van der Waals surface area contributed by atoms with Crippen LogP contribution in [0.2, 0.25) is 0 Å². The first kappa shape index (κ1) is 11.0. The van der Waals surface area contributed by atoms with E-state index in [2.05, 4.69) is 15.5 Å². The van der Waals surface area contributed by atoms with Crippen LogP contribution in [0.15, 0.2) is 29.6 Å². The number of pyridine rings is 1. The summed E-state index contributed by atoms with van der Waals surface area (Å²) in [4.78, 5) is 0. The Morgan fingerprint density at radius 3 is 3.18 bits per heavy atom. The van der Waals surface area contributed by atoms with Crippen LogP contribution < -0.4 is 5.32 Å². The van der Waals surface area contributed by atoms with E-state index < -0.39 is 0 Å². The lowest BCUT2D eigenvalue weighted by Gasteiger charge is -2.01. The third kappa shape index (κ3) is 2.79. The van der Waals surface area contributed by atoms with Crippen molar-refractivity contribution in [2.24, 2.45) is 0 Å². The molecule has 0 aromatic carbocycles. The molecule has 5 heteroatoms. The Balaban J connectivity index is 1.50. The smallest absolute Gasteiger partial charge is 0.195 e. The molecule has 0 unspecified atom stereocenters. The maximum atomic E-state index is 4.20. The first-order chi connectivity index (χ1) is 8.43. The van der Waals surface area contributed by atoms with Gasteiger partial charge in [0.2, 0.25) is 0 Å². The summed E-state index contributed by atoms with van der Waals surface area (Å²) in [5, 5.41) is 12.8. The molecular weight excluding hydrogens is 232 g/mol. The van der Waals surface area contributed by atoms with Gasteiger partial charge in [-0.3, -0.25) is 4.40 Å². The number of nitrogens with one attached hydrogen (secondary N) is 1. The van der Waals surface area contributed by atoms with Crippen molar-refractivity contribution < 1.29 is 0 Å². The summed E-state index contributed by atoms with van der Waals surface area (Å²) in [6, 6.07) is 6.78. The molecular formula is C12H16N4S. The molecule has 1 aliphatic carbocycles. The highest BCUT2D eigenvalue weighted by Crippen LogP contribution is 2.19. The number of nitrogens with zero attached hydrogens (tertiary/aromatic N) is 3. The lowest BCUT2D eigenvalue weighted by molar-refractivity contribution is 0.673. The van der Waals surface area contributed by atoms with Crippen molar-refractivity contribution in [1.29, 1.82) is 0 Å². The van der Waals surface area contributed by atoms with Crippen molar-refractivity contribution in [3.63, 3.8) is 0 Å². The van der Waals surface area contributed by atoms with E-state index >= 15 is 0 Å². The van der Waals surface area contributed by atoms with Gasteiger partial charge in [0.1, 0.15) is 0 Å². The number of rotatable bonds is 6. The van der Waals surface area contributed by atoms with Crippen molar-refractivity contribution in [3.8, 4) is 0 Å². The van der Waals surface area contributed by atoms with Crippen molar-refractivity contribution in [2.75, 3.05) is 12.3 Å². The van der Waals surface area contributed by atoms with Gasteiger partial charge in [0.05, 0.1) is 0 Å². The van der Waals surface area contributed by atoms with Gasteiger partial charge in [0, 0.05) is 18.0 Å². The summed E-state index contributed by atoms with van der Waals surface area (Å²) in [6.07, 6.45) is 5.92. The standard InChI is InChI=1S/C12H16N4S/c1-2-8-16-11(4-1)14-15-12(16)17-9-3-7-13-10-5-6-10/h1-2,4,8,10,13H,3,5-7,9H2. The summed E-state index contributed by atoms with van der Waals surface area (Å²) in [6.45, 7) is 1.12. The highest BCUT2D eigenvalue weighted by Gasteiger charge is 2.19. The van der Waals surface area contributed by atoms with Crippen molar-refractivity contribution in [2.45, 2.75) is 30.5 Å². The first-order valence-electron chi connectivity index (χ1n) is 6.09. The maximum absolute atomic E-state index is 4.20. The van der Waals surface area contributed by atoms with Crippen LogP contribution in [0.5, 0.6) is 0 Å². The van der Waals surface area contributed by atoms with Gasteiger partial charge in [-0.1, -0.05) is 17.8 Å². The van der Waals surface area contributed by atoms with Crippen LogP contribution >= 0.6 is 11.8 Å². The molecule has 0 amide bonds. The fourth-order valence-corrected chi connectivity index (χ4v) is 2.61. The summed E-state index contributed by atoms with van der Waals surface area (Å²) in [5.41, 5.74) is 0.922. The van der Waals surface area contributed by atoms with E-state index in [4.69, 9.17) is 0 Å². The predicted octanol–water partition coefficient (Wildman–Crippen LogP) is 1.96. The second-order valence-corrected chi connectivity index (χ2v) is 5.40. The van der Waals surface area contributed by atoms with Crippen molar-refractivity contribution in [3.05, 3.63) is 24.4 Å². The Labute approximate surface area is 105 Å². The summed E-state index contributed by atoms with van der Waals surface area (Å²) in [7, 11) is 0. The minimum atomic E-state index is 0.814. The maximum Gasteiger partial charge on any atom is 0.195 e. The number of hydrogen-bond acceptors (Lipinski definition) is 4.